The van der Waals surface area contributed by atoms with Crippen LogP contribution in [-0.4, -0.2) is 38.4 Å². The number of carbonyl (C=O) groups is 1. The smallest absolute Gasteiger partial charge is 0.329 e. The fraction of sp³-hybridized carbons (Fsp3) is 0.529. The largest absolute Gasteiger partial charge is 0.339 e. The normalized spacial score (nSPS) is 11.0. The van der Waals surface area contributed by atoms with Crippen LogP contribution in [0.1, 0.15) is 50.4 Å². The topological polar surface area (TPSA) is 88.1 Å². The van der Waals surface area contributed by atoms with Crippen molar-refractivity contribution in [3.63, 3.8) is 0 Å². The standard InChI is InChI=1S/C17H24N4O3/c1-4-7-20(8-5-2)16(23)12-10-13-14(18-11-12)21(9-6-3)17(24)19-15(13)22/h10-11H,4-9H2,1-3H3,(H,19,22,24). The van der Waals surface area contributed by atoms with Crippen LogP contribution >= 0.6 is 0 Å². The second kappa shape index (κ2) is 7.90. The van der Waals surface area contributed by atoms with Crippen LogP contribution in [0.3, 0.4) is 0 Å². The fourth-order valence-corrected chi connectivity index (χ4v) is 2.75. The molecule has 1 N–H and O–H groups in total. The van der Waals surface area contributed by atoms with Gasteiger partial charge in [0.2, 0.25) is 0 Å². The first-order chi connectivity index (χ1) is 11.5. The van der Waals surface area contributed by atoms with E-state index in [-0.39, 0.29) is 11.3 Å². The van der Waals surface area contributed by atoms with Crippen molar-refractivity contribution < 1.29 is 4.79 Å². The molecular formula is C17H24N4O3. The number of carbonyl (C=O) groups excluding carboxylic acids is 1. The van der Waals surface area contributed by atoms with Gasteiger partial charge in [0.15, 0.2) is 0 Å². The van der Waals surface area contributed by atoms with E-state index in [0.717, 1.165) is 19.3 Å². The Labute approximate surface area is 140 Å². The predicted octanol–water partition coefficient (Wildman–Crippen LogP) is 1.76. The number of hydrogen-bond acceptors (Lipinski definition) is 4. The number of rotatable bonds is 7. The summed E-state index contributed by atoms with van der Waals surface area (Å²) >= 11 is 0. The van der Waals surface area contributed by atoms with Crippen LogP contribution in [0.2, 0.25) is 0 Å². The molecule has 0 fully saturated rings. The molecule has 0 saturated heterocycles. The number of pyridine rings is 1. The zero-order chi connectivity index (χ0) is 17.7. The molecule has 0 aliphatic rings. The molecule has 0 spiro atoms. The minimum atomic E-state index is -0.512. The Bertz CT molecular complexity index is 832. The van der Waals surface area contributed by atoms with Crippen LogP contribution in [0.4, 0.5) is 0 Å². The highest BCUT2D eigenvalue weighted by atomic mass is 16.2. The van der Waals surface area contributed by atoms with Gasteiger partial charge in [0.05, 0.1) is 10.9 Å². The average Bonchev–Trinajstić information content (AvgIpc) is 2.57. The number of H-pyrrole nitrogens is 1. The Balaban J connectivity index is 2.53. The van der Waals surface area contributed by atoms with E-state index in [1.54, 1.807) is 4.90 Å². The van der Waals surface area contributed by atoms with Crippen LogP contribution in [0.25, 0.3) is 11.0 Å². The summed E-state index contributed by atoms with van der Waals surface area (Å²) in [6.07, 6.45) is 3.92. The molecule has 0 radical (unpaired) electrons. The molecule has 0 bridgehead atoms. The lowest BCUT2D eigenvalue weighted by Crippen LogP contribution is -2.34. The van der Waals surface area contributed by atoms with E-state index >= 15 is 0 Å². The van der Waals surface area contributed by atoms with Gasteiger partial charge in [-0.3, -0.25) is 19.1 Å². The monoisotopic (exact) mass is 332 g/mol. The summed E-state index contributed by atoms with van der Waals surface area (Å²) in [4.78, 5) is 45.0. The van der Waals surface area contributed by atoms with E-state index in [2.05, 4.69) is 9.97 Å². The SMILES string of the molecule is CCCN(CCC)C(=O)c1cnc2c(c1)c(=O)[nH]c(=O)n2CCC. The molecule has 2 rings (SSSR count). The van der Waals surface area contributed by atoms with Gasteiger partial charge in [0.25, 0.3) is 11.5 Å². The van der Waals surface area contributed by atoms with Crippen molar-refractivity contribution in [1.82, 2.24) is 19.4 Å². The number of amides is 1. The van der Waals surface area contributed by atoms with E-state index in [1.807, 2.05) is 20.8 Å². The third-order valence-electron chi connectivity index (χ3n) is 3.80. The zero-order valence-electron chi connectivity index (χ0n) is 14.5. The summed E-state index contributed by atoms with van der Waals surface area (Å²) in [5.41, 5.74) is -0.294. The predicted molar refractivity (Wildman–Crippen MR) is 93.4 cm³/mol. The maximum atomic E-state index is 12.7. The Kier molecular flexibility index (Phi) is 5.89. The van der Waals surface area contributed by atoms with Crippen molar-refractivity contribution in [3.05, 3.63) is 38.7 Å². The summed E-state index contributed by atoms with van der Waals surface area (Å²) in [5.74, 6) is -0.138. The van der Waals surface area contributed by atoms with E-state index in [9.17, 15) is 14.4 Å². The molecule has 0 aliphatic carbocycles. The first-order valence-electron chi connectivity index (χ1n) is 8.45. The lowest BCUT2D eigenvalue weighted by molar-refractivity contribution is 0.0755. The number of nitrogens with one attached hydrogen (secondary N) is 1. The van der Waals surface area contributed by atoms with Crippen molar-refractivity contribution in [1.29, 1.82) is 0 Å². The molecule has 2 heterocycles. The summed E-state index contributed by atoms with van der Waals surface area (Å²) < 4.78 is 1.43. The fourth-order valence-electron chi connectivity index (χ4n) is 2.75. The van der Waals surface area contributed by atoms with Crippen LogP contribution in [0, 0.1) is 0 Å². The van der Waals surface area contributed by atoms with Crippen LogP contribution in [-0.2, 0) is 6.54 Å². The van der Waals surface area contributed by atoms with Crippen molar-refractivity contribution in [2.75, 3.05) is 13.1 Å². The van der Waals surface area contributed by atoms with Gasteiger partial charge < -0.3 is 4.90 Å². The molecule has 0 aromatic carbocycles. The van der Waals surface area contributed by atoms with Gasteiger partial charge in [-0.25, -0.2) is 9.78 Å². The lowest BCUT2D eigenvalue weighted by Gasteiger charge is -2.21. The highest BCUT2D eigenvalue weighted by Crippen LogP contribution is 2.11. The summed E-state index contributed by atoms with van der Waals surface area (Å²) in [6, 6.07) is 1.54. The molecule has 2 aromatic heterocycles. The highest BCUT2D eigenvalue weighted by molar-refractivity contribution is 5.96. The van der Waals surface area contributed by atoms with Crippen molar-refractivity contribution >= 4 is 16.9 Å². The number of aromatic nitrogens is 3. The minimum absolute atomic E-state index is 0.138. The van der Waals surface area contributed by atoms with Crippen molar-refractivity contribution in [2.24, 2.45) is 0 Å². The molecule has 7 heteroatoms. The zero-order valence-corrected chi connectivity index (χ0v) is 14.5. The van der Waals surface area contributed by atoms with E-state index in [1.165, 1.54) is 16.8 Å². The van der Waals surface area contributed by atoms with Crippen molar-refractivity contribution in [2.45, 2.75) is 46.6 Å². The molecule has 1 amide bonds. The number of hydrogen-bond donors (Lipinski definition) is 1. The summed E-state index contributed by atoms with van der Waals surface area (Å²) in [6.45, 7) is 7.76. The number of fused-ring (bicyclic) bond motifs is 1. The number of aryl methyl sites for hydroxylation is 1. The van der Waals surface area contributed by atoms with Crippen molar-refractivity contribution in [3.8, 4) is 0 Å². The second-order valence-electron chi connectivity index (χ2n) is 5.80. The molecular weight excluding hydrogens is 308 g/mol. The highest BCUT2D eigenvalue weighted by Gasteiger charge is 2.17. The maximum Gasteiger partial charge on any atom is 0.329 e. The van der Waals surface area contributed by atoms with E-state index < -0.39 is 11.2 Å². The number of aromatic amines is 1. The first-order valence-corrected chi connectivity index (χ1v) is 8.45. The van der Waals surface area contributed by atoms with Gasteiger partial charge in [-0.2, -0.15) is 0 Å². The Morgan fingerprint density at radius 3 is 2.42 bits per heavy atom. The average molecular weight is 332 g/mol. The molecule has 0 aliphatic heterocycles. The molecule has 7 nitrogen and oxygen atoms in total. The van der Waals surface area contributed by atoms with Gasteiger partial charge in [-0.05, 0) is 25.3 Å². The lowest BCUT2D eigenvalue weighted by atomic mass is 10.2. The molecule has 130 valence electrons. The minimum Gasteiger partial charge on any atom is -0.339 e. The Morgan fingerprint density at radius 2 is 1.83 bits per heavy atom. The van der Waals surface area contributed by atoms with Crippen LogP contribution < -0.4 is 11.2 Å². The molecule has 0 unspecified atom stereocenters. The van der Waals surface area contributed by atoms with Crippen LogP contribution in [0.15, 0.2) is 21.9 Å². The summed E-state index contributed by atoms with van der Waals surface area (Å²) in [7, 11) is 0. The van der Waals surface area contributed by atoms with Gasteiger partial charge in [-0.15, -0.1) is 0 Å². The Hall–Kier alpha value is -2.44. The third-order valence-corrected chi connectivity index (χ3v) is 3.80. The second-order valence-corrected chi connectivity index (χ2v) is 5.80. The quantitative estimate of drug-likeness (QED) is 0.837. The maximum absolute atomic E-state index is 12.7. The third kappa shape index (κ3) is 3.55. The van der Waals surface area contributed by atoms with Gasteiger partial charge >= 0.3 is 5.69 Å². The van der Waals surface area contributed by atoms with E-state index in [0.29, 0.717) is 30.8 Å². The Morgan fingerprint density at radius 1 is 1.17 bits per heavy atom. The molecule has 0 saturated carbocycles. The molecule has 2 aromatic rings. The van der Waals surface area contributed by atoms with Gasteiger partial charge in [-0.1, -0.05) is 20.8 Å². The van der Waals surface area contributed by atoms with E-state index in [4.69, 9.17) is 0 Å². The van der Waals surface area contributed by atoms with Gasteiger partial charge in [0, 0.05) is 25.8 Å². The summed E-state index contributed by atoms with van der Waals surface area (Å²) in [5, 5.41) is 0.266. The first kappa shape index (κ1) is 17.9. The molecule has 0 atom stereocenters. The number of nitrogens with zero attached hydrogens (tertiary/aromatic N) is 3. The van der Waals surface area contributed by atoms with Gasteiger partial charge in [0.1, 0.15) is 5.65 Å². The van der Waals surface area contributed by atoms with Crippen LogP contribution in [0.5, 0.6) is 0 Å². The molecule has 24 heavy (non-hydrogen) atoms.